The van der Waals surface area contributed by atoms with Gasteiger partial charge in [0.05, 0.1) is 24.2 Å². The number of benzene rings is 3. The van der Waals surface area contributed by atoms with Crippen molar-refractivity contribution in [2.24, 2.45) is 0 Å². The van der Waals surface area contributed by atoms with Gasteiger partial charge in [0.2, 0.25) is 0 Å². The fourth-order valence-electron chi connectivity index (χ4n) is 5.89. The lowest BCUT2D eigenvalue weighted by atomic mass is 9.96. The maximum Gasteiger partial charge on any atom is 0.254 e. The quantitative estimate of drug-likeness (QED) is 0.152. The van der Waals surface area contributed by atoms with Crippen LogP contribution in [0.15, 0.2) is 91.3 Å². The van der Waals surface area contributed by atoms with Crippen LogP contribution in [0.2, 0.25) is 5.02 Å². The molecule has 1 aliphatic rings. The van der Waals surface area contributed by atoms with Crippen LogP contribution in [-0.4, -0.2) is 56.0 Å². The van der Waals surface area contributed by atoms with Gasteiger partial charge in [-0.05, 0) is 56.2 Å². The van der Waals surface area contributed by atoms with Crippen molar-refractivity contribution < 1.29 is 14.3 Å². The van der Waals surface area contributed by atoms with Crippen molar-refractivity contribution in [3.63, 3.8) is 0 Å². The number of ether oxygens (including phenoxy) is 1. The summed E-state index contributed by atoms with van der Waals surface area (Å²) >= 11 is 6.50. The van der Waals surface area contributed by atoms with Crippen molar-refractivity contribution >= 4 is 23.3 Å². The van der Waals surface area contributed by atoms with E-state index in [9.17, 15) is 9.59 Å². The lowest BCUT2D eigenvalue weighted by molar-refractivity contribution is 0.0668. The van der Waals surface area contributed by atoms with Crippen LogP contribution in [0.25, 0.3) is 22.8 Å². The molecule has 8 nitrogen and oxygen atoms in total. The number of pyridine rings is 1. The van der Waals surface area contributed by atoms with E-state index in [1.54, 1.807) is 43.8 Å². The predicted octanol–water partition coefficient (Wildman–Crippen LogP) is 7.29. The number of amides is 1. The highest BCUT2D eigenvalue weighted by Crippen LogP contribution is 2.31. The maximum atomic E-state index is 14.4. The number of ketones is 1. The molecule has 1 amide bonds. The molecule has 0 unspecified atom stereocenters. The Hall–Kier alpha value is -4.82. The third-order valence-corrected chi connectivity index (χ3v) is 8.61. The number of carbonyl (C=O) groups is 2. The van der Waals surface area contributed by atoms with Gasteiger partial charge in [0.15, 0.2) is 17.4 Å². The molecule has 6 rings (SSSR count). The molecular weight excluding hydrogens is 586 g/mol. The van der Waals surface area contributed by atoms with E-state index in [-0.39, 0.29) is 17.7 Å². The first-order valence-corrected chi connectivity index (χ1v) is 15.5. The predicted molar refractivity (Wildman–Crippen MR) is 175 cm³/mol. The number of nitrogens with zero attached hydrogens (tertiary/aromatic N) is 5. The van der Waals surface area contributed by atoms with Crippen LogP contribution in [0.1, 0.15) is 57.5 Å². The van der Waals surface area contributed by atoms with Crippen molar-refractivity contribution in [2.45, 2.75) is 45.2 Å². The Balaban J connectivity index is 1.34. The van der Waals surface area contributed by atoms with E-state index in [2.05, 4.69) is 4.98 Å². The van der Waals surface area contributed by atoms with E-state index in [0.717, 1.165) is 42.4 Å². The smallest absolute Gasteiger partial charge is 0.254 e. The summed E-state index contributed by atoms with van der Waals surface area (Å²) in [4.78, 5) is 38.9. The summed E-state index contributed by atoms with van der Waals surface area (Å²) < 4.78 is 7.18. The standard InChI is InChI=1S/C36H34ClN5O3/c1-24-11-13-25(14-12-24)33(43)29-9-5-6-10-30(29)36(44)41(28-7-3-4-8-28)21-22-42-35(27-15-16-32(45-2)31(37)23-27)39-34(40-42)26-17-19-38-20-18-26/h5-6,9-20,23,28H,3-4,7-8,21-22H2,1-2H3. The van der Waals surface area contributed by atoms with Crippen LogP contribution in [0.4, 0.5) is 0 Å². The molecule has 5 aromatic rings. The molecule has 1 saturated carbocycles. The lowest BCUT2D eigenvalue weighted by Gasteiger charge is -2.30. The zero-order valence-electron chi connectivity index (χ0n) is 25.3. The van der Waals surface area contributed by atoms with Crippen LogP contribution >= 0.6 is 11.6 Å². The van der Waals surface area contributed by atoms with Crippen molar-refractivity contribution in [3.8, 4) is 28.5 Å². The lowest BCUT2D eigenvalue weighted by Crippen LogP contribution is -2.41. The van der Waals surface area contributed by atoms with Crippen LogP contribution in [0.5, 0.6) is 5.75 Å². The zero-order chi connectivity index (χ0) is 31.3. The fraction of sp³-hybridized carbons (Fsp3) is 0.250. The summed E-state index contributed by atoms with van der Waals surface area (Å²) in [7, 11) is 1.58. The number of halogens is 1. The van der Waals surface area contributed by atoms with Crippen molar-refractivity contribution in [1.29, 1.82) is 0 Å². The molecular formula is C36H34ClN5O3. The molecule has 0 radical (unpaired) electrons. The van der Waals surface area contributed by atoms with Crippen molar-refractivity contribution in [1.82, 2.24) is 24.6 Å². The van der Waals surface area contributed by atoms with Crippen LogP contribution in [0.3, 0.4) is 0 Å². The molecule has 0 bridgehead atoms. The molecule has 1 fully saturated rings. The van der Waals surface area contributed by atoms with E-state index in [1.807, 2.05) is 71.1 Å². The van der Waals surface area contributed by atoms with Gasteiger partial charge in [0.25, 0.3) is 5.91 Å². The average molecular weight is 620 g/mol. The topological polar surface area (TPSA) is 90.2 Å². The van der Waals surface area contributed by atoms with Crippen LogP contribution in [-0.2, 0) is 6.54 Å². The Kier molecular flexibility index (Phi) is 9.03. The molecule has 0 saturated heterocycles. The minimum Gasteiger partial charge on any atom is -0.495 e. The molecule has 9 heteroatoms. The summed E-state index contributed by atoms with van der Waals surface area (Å²) in [5.74, 6) is 1.42. The molecule has 228 valence electrons. The molecule has 1 aliphatic carbocycles. The third kappa shape index (κ3) is 6.51. The number of hydrogen-bond donors (Lipinski definition) is 0. The molecule has 45 heavy (non-hydrogen) atoms. The summed E-state index contributed by atoms with van der Waals surface area (Å²) in [6.45, 7) is 2.77. The van der Waals surface area contributed by atoms with Gasteiger partial charge in [0.1, 0.15) is 5.75 Å². The molecule has 2 aromatic heterocycles. The van der Waals surface area contributed by atoms with E-state index in [0.29, 0.717) is 52.2 Å². The van der Waals surface area contributed by atoms with E-state index in [4.69, 9.17) is 26.4 Å². The monoisotopic (exact) mass is 619 g/mol. The van der Waals surface area contributed by atoms with Gasteiger partial charge in [-0.2, -0.15) is 5.10 Å². The number of hydrogen-bond acceptors (Lipinski definition) is 6. The Morgan fingerprint density at radius 3 is 2.33 bits per heavy atom. The molecule has 0 atom stereocenters. The molecule has 0 spiro atoms. The van der Waals surface area contributed by atoms with Gasteiger partial charge in [-0.3, -0.25) is 14.6 Å². The van der Waals surface area contributed by atoms with Gasteiger partial charge in [-0.1, -0.05) is 72.5 Å². The SMILES string of the molecule is COc1ccc(-c2nc(-c3ccncc3)nn2CCN(C(=O)c2ccccc2C(=O)c2ccc(C)cc2)C2CCCC2)cc1Cl. The van der Waals surface area contributed by atoms with E-state index in [1.165, 1.54) is 0 Å². The van der Waals surface area contributed by atoms with Crippen molar-refractivity contribution in [2.75, 3.05) is 13.7 Å². The summed E-state index contributed by atoms with van der Waals surface area (Å²) in [6, 6.07) is 23.9. The fourth-order valence-corrected chi connectivity index (χ4v) is 6.15. The number of carbonyl (C=O) groups excluding carboxylic acids is 2. The Labute approximate surface area is 267 Å². The minimum atomic E-state index is -0.165. The molecule has 2 heterocycles. The highest BCUT2D eigenvalue weighted by atomic mass is 35.5. The molecule has 0 N–H and O–H groups in total. The molecule has 3 aromatic carbocycles. The second kappa shape index (κ2) is 13.4. The van der Waals surface area contributed by atoms with Gasteiger partial charge >= 0.3 is 0 Å². The first-order chi connectivity index (χ1) is 21.9. The molecule has 0 aliphatic heterocycles. The van der Waals surface area contributed by atoms with E-state index < -0.39 is 0 Å². The number of methoxy groups -OCH3 is 1. The third-order valence-electron chi connectivity index (χ3n) is 8.32. The Morgan fingerprint density at radius 1 is 0.933 bits per heavy atom. The highest BCUT2D eigenvalue weighted by Gasteiger charge is 2.30. The average Bonchev–Trinajstić information content (AvgIpc) is 3.76. The van der Waals surface area contributed by atoms with Gasteiger partial charge < -0.3 is 9.64 Å². The number of aryl methyl sites for hydroxylation is 1. The minimum absolute atomic E-state index is 0.0714. The Bertz CT molecular complexity index is 1810. The van der Waals surface area contributed by atoms with Gasteiger partial charge in [-0.25, -0.2) is 9.67 Å². The first-order valence-electron chi connectivity index (χ1n) is 15.1. The number of aromatic nitrogens is 4. The highest BCUT2D eigenvalue weighted by molar-refractivity contribution is 6.32. The normalized spacial score (nSPS) is 13.1. The summed E-state index contributed by atoms with van der Waals surface area (Å²) in [5.41, 5.74) is 4.05. The van der Waals surface area contributed by atoms with Crippen LogP contribution < -0.4 is 4.74 Å². The Morgan fingerprint density at radius 2 is 1.64 bits per heavy atom. The largest absolute Gasteiger partial charge is 0.495 e. The van der Waals surface area contributed by atoms with Crippen LogP contribution in [0, 0.1) is 6.92 Å². The maximum absolute atomic E-state index is 14.4. The summed E-state index contributed by atoms with van der Waals surface area (Å²) in [6.07, 6.45) is 7.36. The second-order valence-corrected chi connectivity index (χ2v) is 11.7. The van der Waals surface area contributed by atoms with E-state index >= 15 is 0 Å². The zero-order valence-corrected chi connectivity index (χ0v) is 26.1. The number of rotatable bonds is 10. The van der Waals surface area contributed by atoms with Gasteiger partial charge in [-0.15, -0.1) is 0 Å². The second-order valence-electron chi connectivity index (χ2n) is 11.2. The van der Waals surface area contributed by atoms with Crippen molar-refractivity contribution in [3.05, 3.63) is 119 Å². The summed E-state index contributed by atoms with van der Waals surface area (Å²) in [5, 5.41) is 5.33. The van der Waals surface area contributed by atoms with Gasteiger partial charge in [0, 0.05) is 47.2 Å². The first kappa shape index (κ1) is 30.2.